The normalized spacial score (nSPS) is 13.5. The second-order valence-electron chi connectivity index (χ2n) is 4.37. The van der Waals surface area contributed by atoms with Crippen LogP contribution in [0.1, 0.15) is 30.8 Å². The van der Waals surface area contributed by atoms with E-state index in [1.165, 1.54) is 0 Å². The average molecular weight is 284 g/mol. The third-order valence-electron chi connectivity index (χ3n) is 2.97. The number of nitrogen functional groups attached to an aromatic ring is 1. The Balaban J connectivity index is 3.10. The smallest absolute Gasteiger partial charge is 0.326 e. The van der Waals surface area contributed by atoms with E-state index in [0.29, 0.717) is 6.42 Å². The minimum absolute atomic E-state index is 0.327. The van der Waals surface area contributed by atoms with E-state index >= 15 is 0 Å². The van der Waals surface area contributed by atoms with Crippen molar-refractivity contribution in [3.8, 4) is 0 Å². The summed E-state index contributed by atoms with van der Waals surface area (Å²) in [6.07, 6.45) is 0.526. The lowest BCUT2D eigenvalue weighted by Gasteiger charge is -2.20. The maximum Gasteiger partial charge on any atom is 0.326 e. The Labute approximate surface area is 113 Å². The number of carbonyl (C=O) groups is 2. The van der Waals surface area contributed by atoms with E-state index in [1.807, 2.05) is 4.98 Å². The van der Waals surface area contributed by atoms with Gasteiger partial charge in [0.25, 0.3) is 11.5 Å². The number of H-pyrrole nitrogens is 2. The van der Waals surface area contributed by atoms with Crippen molar-refractivity contribution in [2.24, 2.45) is 5.92 Å². The summed E-state index contributed by atoms with van der Waals surface area (Å²) < 4.78 is 0. The molecule has 9 heteroatoms. The van der Waals surface area contributed by atoms with Gasteiger partial charge in [-0.05, 0) is 5.92 Å². The highest BCUT2D eigenvalue weighted by atomic mass is 16.4. The van der Waals surface area contributed by atoms with Crippen LogP contribution in [0.2, 0.25) is 0 Å². The Morgan fingerprint density at radius 1 is 1.35 bits per heavy atom. The van der Waals surface area contributed by atoms with E-state index in [4.69, 9.17) is 10.8 Å². The van der Waals surface area contributed by atoms with Crippen molar-refractivity contribution >= 4 is 17.6 Å². The number of carboxylic acid groups (broad SMARTS) is 1. The number of anilines is 1. The van der Waals surface area contributed by atoms with Crippen molar-refractivity contribution < 1.29 is 14.7 Å². The zero-order valence-corrected chi connectivity index (χ0v) is 11.0. The van der Waals surface area contributed by atoms with Gasteiger partial charge in [-0.2, -0.15) is 0 Å². The van der Waals surface area contributed by atoms with Gasteiger partial charge >= 0.3 is 11.7 Å². The van der Waals surface area contributed by atoms with Crippen molar-refractivity contribution in [1.29, 1.82) is 0 Å². The van der Waals surface area contributed by atoms with Gasteiger partial charge in [-0.1, -0.05) is 20.3 Å². The molecular weight excluding hydrogens is 268 g/mol. The minimum Gasteiger partial charge on any atom is -0.480 e. The third-order valence-corrected chi connectivity index (χ3v) is 2.97. The van der Waals surface area contributed by atoms with Crippen LogP contribution in [0.25, 0.3) is 0 Å². The van der Waals surface area contributed by atoms with Crippen molar-refractivity contribution in [1.82, 2.24) is 15.3 Å². The van der Waals surface area contributed by atoms with Gasteiger partial charge in [0.15, 0.2) is 0 Å². The van der Waals surface area contributed by atoms with Gasteiger partial charge in [0.2, 0.25) is 0 Å². The van der Waals surface area contributed by atoms with Gasteiger partial charge in [-0.15, -0.1) is 0 Å². The molecule has 0 saturated carbocycles. The van der Waals surface area contributed by atoms with Crippen LogP contribution in [-0.2, 0) is 4.79 Å². The quantitative estimate of drug-likeness (QED) is 0.460. The summed E-state index contributed by atoms with van der Waals surface area (Å²) in [7, 11) is 0. The number of aliphatic carboxylic acids is 1. The van der Waals surface area contributed by atoms with Crippen LogP contribution in [0.4, 0.5) is 5.69 Å². The Bertz CT molecular complexity index is 632. The molecule has 1 aromatic rings. The van der Waals surface area contributed by atoms with Crippen LogP contribution in [0.3, 0.4) is 0 Å². The standard InChI is InChI=1S/C11H16N4O5/c1-3-4(2)6(10(18)19)13-9(17)7-5(12)8(16)15-11(20)14-7/h4,6H,3,12H2,1-2H3,(H,13,17)(H,18,19)(H2,14,15,16,20)/t4-,6-/m0/s1. The van der Waals surface area contributed by atoms with Gasteiger partial charge in [-0.3, -0.25) is 14.6 Å². The van der Waals surface area contributed by atoms with E-state index < -0.39 is 40.5 Å². The molecule has 1 rings (SSSR count). The monoisotopic (exact) mass is 284 g/mol. The van der Waals surface area contributed by atoms with Crippen molar-refractivity contribution in [3.05, 3.63) is 26.5 Å². The number of amides is 1. The van der Waals surface area contributed by atoms with Crippen LogP contribution < -0.4 is 22.3 Å². The fraction of sp³-hybridized carbons (Fsp3) is 0.455. The van der Waals surface area contributed by atoms with E-state index in [2.05, 4.69) is 10.3 Å². The molecule has 9 nitrogen and oxygen atoms in total. The topological polar surface area (TPSA) is 158 Å². The fourth-order valence-electron chi connectivity index (χ4n) is 1.57. The molecule has 0 aliphatic carbocycles. The van der Waals surface area contributed by atoms with Crippen LogP contribution in [0, 0.1) is 5.92 Å². The molecule has 2 atom stereocenters. The number of carboxylic acids is 1. The first kappa shape index (κ1) is 15.5. The molecule has 0 bridgehead atoms. The molecule has 6 N–H and O–H groups in total. The maximum absolute atomic E-state index is 11.9. The van der Waals surface area contributed by atoms with Crippen LogP contribution in [0.5, 0.6) is 0 Å². The first-order valence-electron chi connectivity index (χ1n) is 5.93. The molecule has 0 aliphatic heterocycles. The van der Waals surface area contributed by atoms with Crippen molar-refractivity contribution in [2.45, 2.75) is 26.3 Å². The SMILES string of the molecule is CC[C@H](C)[C@H](NC(=O)c1[nH]c(=O)[nH]c(=O)c1N)C(=O)O. The summed E-state index contributed by atoms with van der Waals surface area (Å²) in [4.78, 5) is 49.4. The van der Waals surface area contributed by atoms with E-state index in [0.717, 1.165) is 0 Å². The first-order valence-corrected chi connectivity index (χ1v) is 5.93. The highest BCUT2D eigenvalue weighted by molar-refractivity contribution is 5.98. The fourth-order valence-corrected chi connectivity index (χ4v) is 1.57. The van der Waals surface area contributed by atoms with Crippen LogP contribution >= 0.6 is 0 Å². The van der Waals surface area contributed by atoms with E-state index in [-0.39, 0.29) is 5.92 Å². The summed E-state index contributed by atoms with van der Waals surface area (Å²) in [5.41, 5.74) is 2.66. The highest BCUT2D eigenvalue weighted by Crippen LogP contribution is 2.09. The lowest BCUT2D eigenvalue weighted by atomic mass is 9.99. The van der Waals surface area contributed by atoms with Crippen molar-refractivity contribution in [3.63, 3.8) is 0 Å². The number of nitrogens with one attached hydrogen (secondary N) is 3. The summed E-state index contributed by atoms with van der Waals surface area (Å²) in [5, 5.41) is 11.3. The summed E-state index contributed by atoms with van der Waals surface area (Å²) in [6, 6.07) is -1.14. The molecule has 0 saturated heterocycles. The number of nitrogens with two attached hydrogens (primary N) is 1. The molecule has 20 heavy (non-hydrogen) atoms. The highest BCUT2D eigenvalue weighted by Gasteiger charge is 2.27. The maximum atomic E-state index is 11.9. The van der Waals surface area contributed by atoms with Gasteiger partial charge < -0.3 is 21.1 Å². The average Bonchev–Trinajstić information content (AvgIpc) is 2.38. The second-order valence-corrected chi connectivity index (χ2v) is 4.37. The molecule has 0 fully saturated rings. The molecule has 110 valence electrons. The molecule has 0 spiro atoms. The predicted octanol–water partition coefficient (Wildman–Crippen LogP) is -1.13. The molecule has 0 unspecified atom stereocenters. The zero-order valence-electron chi connectivity index (χ0n) is 11.0. The molecular formula is C11H16N4O5. The van der Waals surface area contributed by atoms with Crippen molar-refractivity contribution in [2.75, 3.05) is 5.73 Å². The predicted molar refractivity (Wildman–Crippen MR) is 70.4 cm³/mol. The number of hydrogen-bond acceptors (Lipinski definition) is 5. The summed E-state index contributed by atoms with van der Waals surface area (Å²) in [5.74, 6) is -2.46. The van der Waals surface area contributed by atoms with Crippen LogP contribution in [-0.4, -0.2) is 33.0 Å². The van der Waals surface area contributed by atoms with Gasteiger partial charge in [0.1, 0.15) is 17.4 Å². The molecule has 0 aliphatic rings. The Kier molecular flexibility index (Phi) is 4.68. The number of hydrogen-bond donors (Lipinski definition) is 5. The summed E-state index contributed by atoms with van der Waals surface area (Å²) >= 11 is 0. The Hall–Kier alpha value is -2.58. The minimum atomic E-state index is -1.21. The molecule has 1 heterocycles. The lowest BCUT2D eigenvalue weighted by molar-refractivity contribution is -0.140. The third kappa shape index (κ3) is 3.25. The zero-order chi connectivity index (χ0) is 15.4. The Morgan fingerprint density at radius 3 is 2.45 bits per heavy atom. The largest absolute Gasteiger partial charge is 0.480 e. The molecule has 0 aromatic carbocycles. The van der Waals surface area contributed by atoms with Gasteiger partial charge in [0.05, 0.1) is 0 Å². The lowest BCUT2D eigenvalue weighted by Crippen LogP contribution is -2.46. The van der Waals surface area contributed by atoms with Crippen LogP contribution in [0.15, 0.2) is 9.59 Å². The molecule has 0 radical (unpaired) electrons. The van der Waals surface area contributed by atoms with Gasteiger partial charge in [-0.25, -0.2) is 9.59 Å². The number of aromatic nitrogens is 2. The number of aromatic amines is 2. The second kappa shape index (κ2) is 6.04. The molecule has 1 aromatic heterocycles. The van der Waals surface area contributed by atoms with E-state index in [1.54, 1.807) is 13.8 Å². The molecule has 1 amide bonds. The number of rotatable bonds is 5. The Morgan fingerprint density at radius 2 is 1.95 bits per heavy atom. The number of carbonyl (C=O) groups excluding carboxylic acids is 1. The first-order chi connectivity index (χ1) is 9.27. The summed E-state index contributed by atoms with van der Waals surface area (Å²) in [6.45, 7) is 3.43. The van der Waals surface area contributed by atoms with E-state index in [9.17, 15) is 19.2 Å². The van der Waals surface area contributed by atoms with Gasteiger partial charge in [0, 0.05) is 0 Å².